The van der Waals surface area contributed by atoms with Gasteiger partial charge in [-0.15, -0.1) is 0 Å². The van der Waals surface area contributed by atoms with Gasteiger partial charge in [0.05, 0.1) is 0 Å². The van der Waals surface area contributed by atoms with Gasteiger partial charge in [0, 0.05) is 18.1 Å². The normalized spacial score (nSPS) is 10.8. The largest absolute Gasteiger partial charge is 0.508 e. The summed E-state index contributed by atoms with van der Waals surface area (Å²) in [6, 6.07) is 7.29. The maximum absolute atomic E-state index is 9.56. The molecule has 0 spiro atoms. The maximum Gasteiger partial charge on any atom is 0.133 e. The maximum atomic E-state index is 9.56. The first-order valence-electron chi connectivity index (χ1n) is 6.83. The molecule has 0 aliphatic rings. The first-order chi connectivity index (χ1) is 9.31. The quantitative estimate of drug-likeness (QED) is 0.669. The molecule has 0 fully saturated rings. The lowest BCUT2D eigenvalue weighted by Crippen LogP contribution is -2.04. The van der Waals surface area contributed by atoms with Crippen molar-refractivity contribution in [2.24, 2.45) is 5.73 Å². The number of benzene rings is 1. The van der Waals surface area contributed by atoms with Crippen LogP contribution >= 0.6 is 0 Å². The van der Waals surface area contributed by atoms with Crippen molar-refractivity contribution in [2.75, 3.05) is 18.4 Å². The zero-order chi connectivity index (χ0) is 13.5. The van der Waals surface area contributed by atoms with Crippen LogP contribution in [0.3, 0.4) is 0 Å². The van der Waals surface area contributed by atoms with Crippen LogP contribution in [-0.4, -0.2) is 23.2 Å². The lowest BCUT2D eigenvalue weighted by molar-refractivity contribution is 0.476. The molecule has 1 heterocycles. The van der Waals surface area contributed by atoms with Crippen LogP contribution in [0, 0.1) is 0 Å². The number of nitrogens with one attached hydrogen (secondary N) is 1. The minimum atomic E-state index is 0.270. The Hall–Kier alpha value is -1.81. The van der Waals surface area contributed by atoms with Gasteiger partial charge in [-0.3, -0.25) is 0 Å². The number of phenolic OH excluding ortho intramolecular Hbond substituents is 1. The van der Waals surface area contributed by atoms with Crippen molar-refractivity contribution in [3.63, 3.8) is 0 Å². The van der Waals surface area contributed by atoms with E-state index in [4.69, 9.17) is 5.73 Å². The Bertz CT molecular complexity index is 528. The summed E-state index contributed by atoms with van der Waals surface area (Å²) in [5.41, 5.74) is 5.46. The number of nitrogens with zero attached hydrogens (tertiary/aromatic N) is 1. The predicted octanol–water partition coefficient (Wildman–Crippen LogP) is 2.87. The van der Waals surface area contributed by atoms with Gasteiger partial charge < -0.3 is 16.2 Å². The number of fused-ring (bicyclic) bond motifs is 1. The van der Waals surface area contributed by atoms with Gasteiger partial charge >= 0.3 is 0 Å². The van der Waals surface area contributed by atoms with E-state index in [1.165, 1.54) is 12.8 Å². The molecule has 19 heavy (non-hydrogen) atoms. The predicted molar refractivity (Wildman–Crippen MR) is 79.4 cm³/mol. The number of nitrogens with two attached hydrogens (primary N) is 1. The Morgan fingerprint density at radius 1 is 1.11 bits per heavy atom. The molecule has 1 aromatic heterocycles. The minimum Gasteiger partial charge on any atom is -0.508 e. The van der Waals surface area contributed by atoms with E-state index in [0.717, 1.165) is 42.5 Å². The minimum absolute atomic E-state index is 0.270. The number of pyridine rings is 1. The molecule has 4 N–H and O–H groups in total. The van der Waals surface area contributed by atoms with E-state index < -0.39 is 0 Å². The topological polar surface area (TPSA) is 71.2 Å². The van der Waals surface area contributed by atoms with Crippen molar-refractivity contribution < 1.29 is 5.11 Å². The standard InChI is InChI=1S/C15H21N3O/c16-8-3-1-2-4-9-17-15-14-11-13(19)6-5-12(14)7-10-18-15/h5-7,10-11,19H,1-4,8-9,16H2,(H,17,18). The summed E-state index contributed by atoms with van der Waals surface area (Å²) in [6.45, 7) is 1.67. The third kappa shape index (κ3) is 3.83. The molecule has 4 heteroatoms. The molecular formula is C15H21N3O. The number of aromatic hydroxyl groups is 1. The van der Waals surface area contributed by atoms with Crippen LogP contribution in [0.4, 0.5) is 5.82 Å². The molecular weight excluding hydrogens is 238 g/mol. The highest BCUT2D eigenvalue weighted by atomic mass is 16.3. The van der Waals surface area contributed by atoms with Gasteiger partial charge in [0.1, 0.15) is 11.6 Å². The van der Waals surface area contributed by atoms with Crippen molar-refractivity contribution in [3.05, 3.63) is 30.5 Å². The number of aromatic nitrogens is 1. The highest BCUT2D eigenvalue weighted by Crippen LogP contribution is 2.24. The van der Waals surface area contributed by atoms with Gasteiger partial charge in [0.2, 0.25) is 0 Å². The van der Waals surface area contributed by atoms with E-state index >= 15 is 0 Å². The molecule has 0 saturated carbocycles. The van der Waals surface area contributed by atoms with Crippen LogP contribution in [0.1, 0.15) is 25.7 Å². The SMILES string of the molecule is NCCCCCCNc1nccc2ccc(O)cc12. The molecule has 0 aliphatic heterocycles. The molecule has 0 radical (unpaired) electrons. The summed E-state index contributed by atoms with van der Waals surface area (Å²) in [5.74, 6) is 1.11. The molecule has 0 saturated heterocycles. The third-order valence-electron chi connectivity index (χ3n) is 3.17. The number of anilines is 1. The first kappa shape index (κ1) is 13.6. The number of phenols is 1. The zero-order valence-corrected chi connectivity index (χ0v) is 11.1. The van der Waals surface area contributed by atoms with E-state index in [-0.39, 0.29) is 5.75 Å². The molecule has 0 amide bonds. The van der Waals surface area contributed by atoms with Gasteiger partial charge in [-0.25, -0.2) is 4.98 Å². The summed E-state index contributed by atoms with van der Waals surface area (Å²) in [7, 11) is 0. The fourth-order valence-corrected chi connectivity index (χ4v) is 2.13. The Kier molecular flexibility index (Phi) is 4.98. The summed E-state index contributed by atoms with van der Waals surface area (Å²) >= 11 is 0. The van der Waals surface area contributed by atoms with Gasteiger partial charge in [-0.05, 0) is 43.0 Å². The summed E-state index contributed by atoms with van der Waals surface area (Å²) < 4.78 is 0. The highest BCUT2D eigenvalue weighted by Gasteiger charge is 2.02. The fourth-order valence-electron chi connectivity index (χ4n) is 2.13. The molecule has 0 unspecified atom stereocenters. The summed E-state index contributed by atoms with van der Waals surface area (Å²) in [4.78, 5) is 4.34. The van der Waals surface area contributed by atoms with Crippen molar-refractivity contribution in [3.8, 4) is 5.75 Å². The van der Waals surface area contributed by atoms with E-state index in [0.29, 0.717) is 0 Å². The van der Waals surface area contributed by atoms with Crippen LogP contribution in [-0.2, 0) is 0 Å². The lowest BCUT2D eigenvalue weighted by atomic mass is 10.1. The number of rotatable bonds is 7. The van der Waals surface area contributed by atoms with Crippen molar-refractivity contribution in [1.82, 2.24) is 4.98 Å². The van der Waals surface area contributed by atoms with Crippen LogP contribution in [0.15, 0.2) is 30.5 Å². The van der Waals surface area contributed by atoms with E-state index in [1.807, 2.05) is 12.1 Å². The number of hydrogen-bond acceptors (Lipinski definition) is 4. The van der Waals surface area contributed by atoms with Gasteiger partial charge in [-0.1, -0.05) is 18.9 Å². The van der Waals surface area contributed by atoms with Crippen molar-refractivity contribution >= 4 is 16.6 Å². The second-order valence-corrected chi connectivity index (χ2v) is 4.69. The average Bonchev–Trinajstić information content (AvgIpc) is 2.43. The van der Waals surface area contributed by atoms with Crippen LogP contribution in [0.25, 0.3) is 10.8 Å². The monoisotopic (exact) mass is 259 g/mol. The molecule has 0 aliphatic carbocycles. The Balaban J connectivity index is 1.95. The Morgan fingerprint density at radius 2 is 1.95 bits per heavy atom. The number of unbranched alkanes of at least 4 members (excludes halogenated alkanes) is 3. The van der Waals surface area contributed by atoms with Crippen molar-refractivity contribution in [2.45, 2.75) is 25.7 Å². The fraction of sp³-hybridized carbons (Fsp3) is 0.400. The molecule has 1 aromatic carbocycles. The van der Waals surface area contributed by atoms with Gasteiger partial charge in [0.25, 0.3) is 0 Å². The zero-order valence-electron chi connectivity index (χ0n) is 11.1. The van der Waals surface area contributed by atoms with Gasteiger partial charge in [0.15, 0.2) is 0 Å². The molecule has 102 valence electrons. The summed E-state index contributed by atoms with van der Waals surface area (Å²) in [5, 5.41) is 14.9. The lowest BCUT2D eigenvalue weighted by Gasteiger charge is -2.09. The van der Waals surface area contributed by atoms with E-state index in [1.54, 1.807) is 18.3 Å². The Labute approximate surface area is 113 Å². The first-order valence-corrected chi connectivity index (χ1v) is 6.83. The van der Waals surface area contributed by atoms with Crippen LogP contribution < -0.4 is 11.1 Å². The third-order valence-corrected chi connectivity index (χ3v) is 3.17. The smallest absolute Gasteiger partial charge is 0.133 e. The van der Waals surface area contributed by atoms with E-state index in [2.05, 4.69) is 10.3 Å². The summed E-state index contributed by atoms with van der Waals surface area (Å²) in [6.07, 6.45) is 6.36. The highest BCUT2D eigenvalue weighted by molar-refractivity contribution is 5.92. The average molecular weight is 259 g/mol. The van der Waals surface area contributed by atoms with E-state index in [9.17, 15) is 5.11 Å². The van der Waals surface area contributed by atoms with Crippen molar-refractivity contribution in [1.29, 1.82) is 0 Å². The molecule has 0 bridgehead atoms. The second kappa shape index (κ2) is 6.95. The molecule has 2 rings (SSSR count). The Morgan fingerprint density at radius 3 is 2.79 bits per heavy atom. The van der Waals surface area contributed by atoms with Crippen LogP contribution in [0.5, 0.6) is 5.75 Å². The second-order valence-electron chi connectivity index (χ2n) is 4.69. The molecule has 4 nitrogen and oxygen atoms in total. The molecule has 2 aromatic rings. The van der Waals surface area contributed by atoms with Gasteiger partial charge in [-0.2, -0.15) is 0 Å². The molecule has 0 atom stereocenters. The number of hydrogen-bond donors (Lipinski definition) is 3. The van der Waals surface area contributed by atoms with Crippen LogP contribution in [0.2, 0.25) is 0 Å².